The minimum Gasteiger partial charge on any atom is -0.508 e. The maximum atomic E-state index is 12.1. The van der Waals surface area contributed by atoms with Gasteiger partial charge in [-0.2, -0.15) is 0 Å². The summed E-state index contributed by atoms with van der Waals surface area (Å²) in [7, 11) is 0. The SMILES string of the molecule is C=C(C)C1CCC2(C)C(=O)C=C(O)C(C)=C2C1. The van der Waals surface area contributed by atoms with Crippen LogP contribution in [-0.4, -0.2) is 10.9 Å². The number of carbonyl (C=O) groups is 1. The van der Waals surface area contributed by atoms with Gasteiger partial charge in [-0.15, -0.1) is 0 Å². The number of aliphatic hydroxyl groups is 1. The first-order valence-corrected chi connectivity index (χ1v) is 6.17. The quantitative estimate of drug-likeness (QED) is 0.700. The normalized spacial score (nSPS) is 33.2. The summed E-state index contributed by atoms with van der Waals surface area (Å²) in [4.78, 5) is 12.1. The van der Waals surface area contributed by atoms with Gasteiger partial charge in [-0.3, -0.25) is 4.79 Å². The van der Waals surface area contributed by atoms with Crippen molar-refractivity contribution in [2.24, 2.45) is 11.3 Å². The van der Waals surface area contributed by atoms with Crippen LogP contribution in [0.3, 0.4) is 0 Å². The molecule has 1 N–H and O–H groups in total. The van der Waals surface area contributed by atoms with Gasteiger partial charge < -0.3 is 5.11 Å². The molecule has 0 aromatic rings. The lowest BCUT2D eigenvalue weighted by molar-refractivity contribution is -0.122. The molecule has 2 nitrogen and oxygen atoms in total. The van der Waals surface area contributed by atoms with Gasteiger partial charge in [0.05, 0.1) is 5.41 Å². The molecule has 2 aliphatic carbocycles. The van der Waals surface area contributed by atoms with E-state index in [0.717, 1.165) is 30.4 Å². The van der Waals surface area contributed by atoms with Crippen LogP contribution in [0, 0.1) is 11.3 Å². The van der Waals surface area contributed by atoms with Crippen LogP contribution in [0.15, 0.2) is 35.1 Å². The highest BCUT2D eigenvalue weighted by Gasteiger charge is 2.44. The predicted molar refractivity (Wildman–Crippen MR) is 68.7 cm³/mol. The second-order valence-corrected chi connectivity index (χ2v) is 5.62. The van der Waals surface area contributed by atoms with Crippen LogP contribution in [0.1, 0.15) is 40.0 Å². The first kappa shape index (κ1) is 12.2. The standard InChI is InChI=1S/C15H20O2/c1-9(2)11-5-6-15(4)12(7-11)10(3)13(16)8-14(15)17/h8,11,16H,1,5-7H2,2-4H3. The van der Waals surface area contributed by atoms with Crippen molar-refractivity contribution in [2.75, 3.05) is 0 Å². The van der Waals surface area contributed by atoms with Crippen molar-refractivity contribution in [3.8, 4) is 0 Å². The largest absolute Gasteiger partial charge is 0.508 e. The molecular formula is C15H20O2. The maximum absolute atomic E-state index is 12.1. The van der Waals surface area contributed by atoms with Gasteiger partial charge in [-0.1, -0.05) is 12.2 Å². The van der Waals surface area contributed by atoms with Gasteiger partial charge in [0.15, 0.2) is 5.78 Å². The number of allylic oxidation sites excluding steroid dienone is 4. The minimum atomic E-state index is -0.387. The lowest BCUT2D eigenvalue weighted by Gasteiger charge is -2.41. The van der Waals surface area contributed by atoms with Crippen LogP contribution >= 0.6 is 0 Å². The Labute approximate surface area is 103 Å². The Kier molecular flexibility index (Phi) is 2.76. The monoisotopic (exact) mass is 232 g/mol. The molecule has 17 heavy (non-hydrogen) atoms. The van der Waals surface area contributed by atoms with Crippen LogP contribution < -0.4 is 0 Å². The van der Waals surface area contributed by atoms with Crippen LogP contribution in [0.4, 0.5) is 0 Å². The van der Waals surface area contributed by atoms with E-state index in [0.29, 0.717) is 5.92 Å². The number of fused-ring (bicyclic) bond motifs is 1. The highest BCUT2D eigenvalue weighted by atomic mass is 16.3. The van der Waals surface area contributed by atoms with E-state index in [-0.39, 0.29) is 17.0 Å². The lowest BCUT2D eigenvalue weighted by atomic mass is 9.61. The van der Waals surface area contributed by atoms with Gasteiger partial charge >= 0.3 is 0 Å². The number of rotatable bonds is 1. The summed E-state index contributed by atoms with van der Waals surface area (Å²) in [6.45, 7) is 9.98. The third kappa shape index (κ3) is 1.76. The highest BCUT2D eigenvalue weighted by molar-refractivity contribution is 5.99. The fraction of sp³-hybridized carbons (Fsp3) is 0.533. The third-order valence-electron chi connectivity index (χ3n) is 4.45. The van der Waals surface area contributed by atoms with Gasteiger partial charge in [-0.25, -0.2) is 0 Å². The van der Waals surface area contributed by atoms with E-state index in [4.69, 9.17) is 0 Å². The van der Waals surface area contributed by atoms with E-state index in [1.54, 1.807) is 0 Å². The Bertz CT molecular complexity index is 454. The summed E-state index contributed by atoms with van der Waals surface area (Å²) in [5, 5.41) is 9.79. The fourth-order valence-corrected chi connectivity index (χ4v) is 2.99. The molecule has 1 fully saturated rings. The van der Waals surface area contributed by atoms with Crippen molar-refractivity contribution in [1.29, 1.82) is 0 Å². The topological polar surface area (TPSA) is 37.3 Å². The molecule has 0 aliphatic heterocycles. The van der Waals surface area contributed by atoms with Crippen LogP contribution in [0.5, 0.6) is 0 Å². The minimum absolute atomic E-state index is 0.0516. The Hall–Kier alpha value is -1.31. The summed E-state index contributed by atoms with van der Waals surface area (Å²) < 4.78 is 0. The summed E-state index contributed by atoms with van der Waals surface area (Å²) in [5.41, 5.74) is 2.79. The smallest absolute Gasteiger partial charge is 0.169 e. The molecule has 2 rings (SSSR count). The molecule has 2 aliphatic rings. The van der Waals surface area contributed by atoms with Gasteiger partial charge in [0, 0.05) is 6.08 Å². The first-order valence-electron chi connectivity index (χ1n) is 6.17. The molecule has 0 aromatic carbocycles. The molecule has 1 saturated carbocycles. The van der Waals surface area contributed by atoms with E-state index in [9.17, 15) is 9.90 Å². The van der Waals surface area contributed by atoms with Crippen molar-refractivity contribution in [3.63, 3.8) is 0 Å². The predicted octanol–water partition coefficient (Wildman–Crippen LogP) is 3.71. The molecule has 0 heterocycles. The van der Waals surface area contributed by atoms with E-state index >= 15 is 0 Å². The van der Waals surface area contributed by atoms with Gasteiger partial charge in [0.25, 0.3) is 0 Å². The van der Waals surface area contributed by atoms with Crippen molar-refractivity contribution in [1.82, 2.24) is 0 Å². The van der Waals surface area contributed by atoms with Gasteiger partial charge in [0.2, 0.25) is 0 Å². The second-order valence-electron chi connectivity index (χ2n) is 5.62. The van der Waals surface area contributed by atoms with Crippen molar-refractivity contribution in [3.05, 3.63) is 35.1 Å². The molecule has 92 valence electrons. The van der Waals surface area contributed by atoms with E-state index in [1.807, 2.05) is 20.8 Å². The molecule has 0 spiro atoms. The van der Waals surface area contributed by atoms with Gasteiger partial charge in [0.1, 0.15) is 5.76 Å². The number of aliphatic hydroxyl groups excluding tert-OH is 1. The Balaban J connectivity index is 2.44. The number of ketones is 1. The second kappa shape index (κ2) is 3.86. The Morgan fingerprint density at radius 1 is 1.59 bits per heavy atom. The highest BCUT2D eigenvalue weighted by Crippen LogP contribution is 2.49. The fourth-order valence-electron chi connectivity index (χ4n) is 2.99. The lowest BCUT2D eigenvalue weighted by Crippen LogP contribution is -2.37. The van der Waals surface area contributed by atoms with E-state index in [2.05, 4.69) is 6.58 Å². The number of hydrogen-bond acceptors (Lipinski definition) is 2. The molecule has 0 saturated heterocycles. The number of hydrogen-bond donors (Lipinski definition) is 1. The van der Waals surface area contributed by atoms with Crippen molar-refractivity contribution in [2.45, 2.75) is 40.0 Å². The molecule has 0 amide bonds. The number of carbonyl (C=O) groups excluding carboxylic acids is 1. The summed E-state index contributed by atoms with van der Waals surface area (Å²) in [6.07, 6.45) is 4.13. The summed E-state index contributed by atoms with van der Waals surface area (Å²) in [5.74, 6) is 0.646. The molecule has 0 bridgehead atoms. The first-order chi connectivity index (χ1) is 7.86. The van der Waals surface area contributed by atoms with Crippen LogP contribution in [0.2, 0.25) is 0 Å². The third-order valence-corrected chi connectivity index (χ3v) is 4.45. The molecule has 2 atom stereocenters. The van der Waals surface area contributed by atoms with E-state index < -0.39 is 0 Å². The molecular weight excluding hydrogens is 212 g/mol. The van der Waals surface area contributed by atoms with E-state index in [1.165, 1.54) is 11.6 Å². The van der Waals surface area contributed by atoms with Crippen LogP contribution in [-0.2, 0) is 4.79 Å². The van der Waals surface area contributed by atoms with Gasteiger partial charge in [-0.05, 0) is 57.1 Å². The molecule has 2 heteroatoms. The maximum Gasteiger partial charge on any atom is 0.169 e. The Morgan fingerprint density at radius 3 is 2.82 bits per heavy atom. The zero-order valence-electron chi connectivity index (χ0n) is 10.8. The van der Waals surface area contributed by atoms with Crippen molar-refractivity contribution < 1.29 is 9.90 Å². The van der Waals surface area contributed by atoms with Crippen molar-refractivity contribution >= 4 is 5.78 Å². The average molecular weight is 232 g/mol. The summed E-state index contributed by atoms with van der Waals surface area (Å²) in [6, 6.07) is 0. The molecule has 0 aromatic heterocycles. The Morgan fingerprint density at radius 2 is 2.24 bits per heavy atom. The summed E-state index contributed by atoms with van der Waals surface area (Å²) >= 11 is 0. The zero-order chi connectivity index (χ0) is 12.8. The average Bonchev–Trinajstić information content (AvgIpc) is 2.26. The zero-order valence-corrected chi connectivity index (χ0v) is 10.8. The molecule has 2 unspecified atom stereocenters. The van der Waals surface area contributed by atoms with Crippen LogP contribution in [0.25, 0.3) is 0 Å². The molecule has 0 radical (unpaired) electrons.